The standard InChI is InChI=1S/C23H19F5N4O3S/c24-15-5-13(6-16(25)9-15)10-30-11-22(12-30)1-3-31(4-2-22)21-29-20(33)17-7-14(23(26,27)28)8-18(32(34)35)19(17)36-21/h5-9H,1-4,10-12H2. The molecule has 2 aliphatic rings. The molecule has 0 saturated carbocycles. The number of rotatable bonds is 4. The van der Waals surface area contributed by atoms with Crippen molar-refractivity contribution in [2.45, 2.75) is 25.6 Å². The van der Waals surface area contributed by atoms with Crippen LogP contribution in [-0.4, -0.2) is 41.0 Å². The Labute approximate surface area is 204 Å². The van der Waals surface area contributed by atoms with Gasteiger partial charge in [-0.3, -0.25) is 19.8 Å². The molecule has 0 bridgehead atoms. The maximum atomic E-state index is 13.4. The van der Waals surface area contributed by atoms with E-state index in [2.05, 4.69) is 9.88 Å². The molecule has 0 radical (unpaired) electrons. The summed E-state index contributed by atoms with van der Waals surface area (Å²) in [7, 11) is 0. The van der Waals surface area contributed by atoms with E-state index in [0.29, 0.717) is 37.3 Å². The number of non-ortho nitro benzene ring substituents is 1. The second-order valence-electron chi connectivity index (χ2n) is 9.34. The zero-order valence-corrected chi connectivity index (χ0v) is 19.5. The van der Waals surface area contributed by atoms with Crippen molar-refractivity contribution in [2.24, 2.45) is 5.41 Å². The van der Waals surface area contributed by atoms with Crippen LogP contribution in [0.2, 0.25) is 0 Å². The molecule has 13 heteroatoms. The quantitative estimate of drug-likeness (QED) is 0.272. The van der Waals surface area contributed by atoms with Crippen LogP contribution in [0.4, 0.5) is 32.8 Å². The van der Waals surface area contributed by atoms with E-state index in [-0.39, 0.29) is 15.2 Å². The van der Waals surface area contributed by atoms with Crippen molar-refractivity contribution in [1.82, 2.24) is 9.88 Å². The maximum Gasteiger partial charge on any atom is 0.416 e. The topological polar surface area (TPSA) is 79.6 Å². The fourth-order valence-electron chi connectivity index (χ4n) is 5.04. The van der Waals surface area contributed by atoms with E-state index in [1.54, 1.807) is 0 Å². The third-order valence-electron chi connectivity index (χ3n) is 6.76. The van der Waals surface area contributed by atoms with E-state index < -0.39 is 44.9 Å². The first-order valence-corrected chi connectivity index (χ1v) is 11.9. The number of alkyl halides is 3. The van der Waals surface area contributed by atoms with Crippen LogP contribution in [0, 0.1) is 27.2 Å². The Hall–Kier alpha value is -3.19. The normalized spacial score (nSPS) is 18.0. The van der Waals surface area contributed by atoms with E-state index in [1.807, 2.05) is 4.90 Å². The number of aromatic nitrogens is 1. The van der Waals surface area contributed by atoms with Gasteiger partial charge in [0.05, 0.1) is 15.9 Å². The van der Waals surface area contributed by atoms with Gasteiger partial charge in [0, 0.05) is 44.9 Å². The average Bonchev–Trinajstić information content (AvgIpc) is 2.76. The van der Waals surface area contributed by atoms with Gasteiger partial charge in [-0.1, -0.05) is 11.3 Å². The molecule has 2 fully saturated rings. The smallest absolute Gasteiger partial charge is 0.348 e. The lowest BCUT2D eigenvalue weighted by atomic mass is 9.72. The summed E-state index contributed by atoms with van der Waals surface area (Å²) in [4.78, 5) is 31.0. The predicted molar refractivity (Wildman–Crippen MR) is 123 cm³/mol. The third-order valence-corrected chi connectivity index (χ3v) is 7.92. The van der Waals surface area contributed by atoms with Gasteiger partial charge in [-0.15, -0.1) is 0 Å². The zero-order chi connectivity index (χ0) is 25.8. The predicted octanol–water partition coefficient (Wildman–Crippen LogP) is 4.96. The molecule has 2 saturated heterocycles. The highest BCUT2D eigenvalue weighted by molar-refractivity contribution is 7.22. The van der Waals surface area contributed by atoms with Gasteiger partial charge < -0.3 is 4.90 Å². The van der Waals surface area contributed by atoms with Gasteiger partial charge in [-0.25, -0.2) is 8.78 Å². The second-order valence-corrected chi connectivity index (χ2v) is 10.3. The first kappa shape index (κ1) is 24.5. The Bertz CT molecular complexity index is 1390. The molecule has 36 heavy (non-hydrogen) atoms. The lowest BCUT2D eigenvalue weighted by molar-refractivity contribution is -0.383. The van der Waals surface area contributed by atoms with E-state index in [0.717, 1.165) is 43.3 Å². The van der Waals surface area contributed by atoms with Crippen LogP contribution in [-0.2, 0) is 12.7 Å². The summed E-state index contributed by atoms with van der Waals surface area (Å²) in [6.07, 6.45) is -3.34. The number of fused-ring (bicyclic) bond motifs is 1. The number of anilines is 1. The van der Waals surface area contributed by atoms with Gasteiger partial charge in [0.25, 0.3) is 11.2 Å². The first-order chi connectivity index (χ1) is 16.9. The van der Waals surface area contributed by atoms with Crippen LogP contribution >= 0.6 is 11.3 Å². The molecule has 7 nitrogen and oxygen atoms in total. The summed E-state index contributed by atoms with van der Waals surface area (Å²) < 4.78 is 66.3. The molecule has 2 aromatic carbocycles. The summed E-state index contributed by atoms with van der Waals surface area (Å²) in [6, 6.07) is 4.49. The van der Waals surface area contributed by atoms with E-state index >= 15 is 0 Å². The Morgan fingerprint density at radius 1 is 1.06 bits per heavy atom. The number of benzene rings is 2. The van der Waals surface area contributed by atoms with Gasteiger partial charge in [0.2, 0.25) is 0 Å². The minimum Gasteiger partial charge on any atom is -0.348 e. The minimum absolute atomic E-state index is 0.0117. The SMILES string of the molecule is O=c1nc(N2CCC3(CC2)CN(Cc2cc(F)cc(F)c2)C3)sc2c([N+](=O)[O-])cc(C(F)(F)F)cc12. The molecule has 0 atom stereocenters. The Balaban J connectivity index is 1.31. The van der Waals surface area contributed by atoms with Gasteiger partial charge in [0.1, 0.15) is 16.3 Å². The molecule has 0 unspecified atom stereocenters. The van der Waals surface area contributed by atoms with E-state index in [9.17, 15) is 36.9 Å². The van der Waals surface area contributed by atoms with Gasteiger partial charge in [-0.2, -0.15) is 18.2 Å². The van der Waals surface area contributed by atoms with Crippen LogP contribution in [0.15, 0.2) is 35.1 Å². The van der Waals surface area contributed by atoms with Crippen molar-refractivity contribution < 1.29 is 26.9 Å². The molecule has 0 amide bonds. The van der Waals surface area contributed by atoms with Crippen molar-refractivity contribution in [1.29, 1.82) is 0 Å². The molecule has 2 aliphatic heterocycles. The number of nitro benzene ring substituents is 1. The molecule has 0 N–H and O–H groups in total. The molecule has 3 aromatic rings. The molecular weight excluding hydrogens is 507 g/mol. The van der Waals surface area contributed by atoms with Crippen molar-refractivity contribution in [3.05, 3.63) is 73.6 Å². The molecule has 5 rings (SSSR count). The summed E-state index contributed by atoms with van der Waals surface area (Å²) in [5.74, 6) is -1.24. The van der Waals surface area contributed by atoms with Crippen LogP contribution in [0.1, 0.15) is 24.0 Å². The second kappa shape index (κ2) is 8.73. The largest absolute Gasteiger partial charge is 0.416 e. The van der Waals surface area contributed by atoms with Gasteiger partial charge >= 0.3 is 6.18 Å². The fourth-order valence-corrected chi connectivity index (χ4v) is 6.16. The molecule has 0 aliphatic carbocycles. The van der Waals surface area contributed by atoms with Crippen molar-refractivity contribution >= 4 is 32.2 Å². The lowest BCUT2D eigenvalue weighted by Crippen LogP contribution is -2.59. The number of nitro groups is 1. The number of hydrogen-bond acceptors (Lipinski definition) is 7. The van der Waals surface area contributed by atoms with Crippen LogP contribution in [0.5, 0.6) is 0 Å². The lowest BCUT2D eigenvalue weighted by Gasteiger charge is -2.54. The molecule has 1 spiro atoms. The minimum atomic E-state index is -4.84. The first-order valence-electron chi connectivity index (χ1n) is 11.1. The van der Waals surface area contributed by atoms with Crippen LogP contribution < -0.4 is 10.5 Å². The highest BCUT2D eigenvalue weighted by Crippen LogP contribution is 2.43. The number of hydrogen-bond donors (Lipinski definition) is 0. The van der Waals surface area contributed by atoms with Crippen molar-refractivity contribution in [3.63, 3.8) is 0 Å². The number of halogens is 5. The Morgan fingerprint density at radius 3 is 2.28 bits per heavy atom. The van der Waals surface area contributed by atoms with Crippen molar-refractivity contribution in [2.75, 3.05) is 31.1 Å². The molecule has 190 valence electrons. The monoisotopic (exact) mass is 526 g/mol. The van der Waals surface area contributed by atoms with Crippen molar-refractivity contribution in [3.8, 4) is 0 Å². The summed E-state index contributed by atoms with van der Waals surface area (Å²) in [6.45, 7) is 2.95. The molecular formula is C23H19F5N4O3S. The third kappa shape index (κ3) is 4.64. The van der Waals surface area contributed by atoms with Crippen LogP contribution in [0.25, 0.3) is 10.1 Å². The average molecular weight is 526 g/mol. The summed E-state index contributed by atoms with van der Waals surface area (Å²) in [5, 5.41) is 11.3. The maximum absolute atomic E-state index is 13.4. The number of piperidine rings is 1. The zero-order valence-electron chi connectivity index (χ0n) is 18.6. The van der Waals surface area contributed by atoms with E-state index in [1.165, 1.54) is 12.1 Å². The molecule has 1 aromatic heterocycles. The summed E-state index contributed by atoms with van der Waals surface area (Å²) in [5.41, 5.74) is -2.42. The van der Waals surface area contributed by atoms with Gasteiger partial charge in [0.15, 0.2) is 5.13 Å². The number of nitrogens with zero attached hydrogens (tertiary/aromatic N) is 4. The summed E-state index contributed by atoms with van der Waals surface area (Å²) >= 11 is 0.837. The van der Waals surface area contributed by atoms with E-state index in [4.69, 9.17) is 0 Å². The van der Waals surface area contributed by atoms with Crippen LogP contribution in [0.3, 0.4) is 0 Å². The highest BCUT2D eigenvalue weighted by Gasteiger charge is 2.45. The Morgan fingerprint density at radius 2 is 1.69 bits per heavy atom. The Kier molecular flexibility index (Phi) is 5.94. The molecule has 3 heterocycles. The number of likely N-dealkylation sites (tertiary alicyclic amines) is 1. The highest BCUT2D eigenvalue weighted by atomic mass is 32.1. The fraction of sp³-hybridized carbons (Fsp3) is 0.391. The van der Waals surface area contributed by atoms with Gasteiger partial charge in [-0.05, 0) is 42.0 Å².